The van der Waals surface area contributed by atoms with Crippen LogP contribution in [0.25, 0.3) is 0 Å². The lowest BCUT2D eigenvalue weighted by atomic mass is 9.73. The molecule has 0 amide bonds. The molecule has 0 aromatic heterocycles. The zero-order chi connectivity index (χ0) is 13.6. The maximum atomic E-state index is 11.7. The summed E-state index contributed by atoms with van der Waals surface area (Å²) in [5, 5.41) is 19.0. The van der Waals surface area contributed by atoms with Crippen molar-refractivity contribution in [3.05, 3.63) is 29.8 Å². The van der Waals surface area contributed by atoms with Crippen molar-refractivity contribution in [1.29, 1.82) is 0 Å². The van der Waals surface area contributed by atoms with E-state index in [4.69, 9.17) is 0 Å². The predicted octanol–water partition coefficient (Wildman–Crippen LogP) is 3.70. The van der Waals surface area contributed by atoms with Gasteiger partial charge >= 0.3 is 5.97 Å². The zero-order valence-corrected chi connectivity index (χ0v) is 11.1. The number of carboxylic acids is 1. The van der Waals surface area contributed by atoms with Crippen molar-refractivity contribution in [2.75, 3.05) is 0 Å². The van der Waals surface area contributed by atoms with Crippen molar-refractivity contribution in [2.45, 2.75) is 51.4 Å². The monoisotopic (exact) mass is 250 g/mol. The Morgan fingerprint density at radius 2 is 1.72 bits per heavy atom. The molecule has 0 aliphatic carbocycles. The van der Waals surface area contributed by atoms with Gasteiger partial charge in [-0.2, -0.15) is 0 Å². The van der Waals surface area contributed by atoms with Crippen molar-refractivity contribution in [2.24, 2.45) is 0 Å². The minimum Gasteiger partial charge on any atom is -0.508 e. The van der Waals surface area contributed by atoms with Crippen molar-refractivity contribution >= 4 is 5.97 Å². The van der Waals surface area contributed by atoms with E-state index in [0.717, 1.165) is 24.8 Å². The number of aromatic hydroxyl groups is 1. The molecule has 1 rings (SSSR count). The second-order valence-corrected chi connectivity index (χ2v) is 4.79. The lowest BCUT2D eigenvalue weighted by Gasteiger charge is -2.30. The minimum absolute atomic E-state index is 0.171. The Hall–Kier alpha value is -1.51. The molecule has 100 valence electrons. The van der Waals surface area contributed by atoms with Crippen molar-refractivity contribution in [3.8, 4) is 5.75 Å². The van der Waals surface area contributed by atoms with Crippen LogP contribution >= 0.6 is 0 Å². The molecule has 1 aromatic carbocycles. The summed E-state index contributed by atoms with van der Waals surface area (Å²) in [5.74, 6) is -0.589. The molecule has 1 atom stereocenters. The second-order valence-electron chi connectivity index (χ2n) is 4.79. The van der Waals surface area contributed by atoms with E-state index in [1.54, 1.807) is 24.3 Å². The second kappa shape index (κ2) is 6.43. The van der Waals surface area contributed by atoms with Gasteiger partial charge in [0, 0.05) is 0 Å². The van der Waals surface area contributed by atoms with Gasteiger partial charge < -0.3 is 10.2 Å². The third-order valence-corrected chi connectivity index (χ3v) is 3.46. The van der Waals surface area contributed by atoms with Gasteiger partial charge in [0.2, 0.25) is 0 Å². The van der Waals surface area contributed by atoms with Crippen molar-refractivity contribution in [1.82, 2.24) is 0 Å². The molecule has 0 saturated heterocycles. The zero-order valence-electron chi connectivity index (χ0n) is 11.1. The van der Waals surface area contributed by atoms with Gasteiger partial charge in [-0.15, -0.1) is 0 Å². The summed E-state index contributed by atoms with van der Waals surface area (Å²) in [4.78, 5) is 11.7. The number of phenolic OH excluding ortho intramolecular Hbond substituents is 1. The smallest absolute Gasteiger partial charge is 0.314 e. The van der Waals surface area contributed by atoms with E-state index in [1.807, 2.05) is 6.92 Å². The summed E-state index contributed by atoms with van der Waals surface area (Å²) in [6.45, 7) is 4.07. The Bertz CT molecular complexity index is 383. The number of unbranched alkanes of at least 4 members (excludes halogenated alkanes) is 1. The molecule has 1 aromatic rings. The number of carboxylic acid groups (broad SMARTS) is 1. The molecule has 0 aliphatic rings. The maximum Gasteiger partial charge on any atom is 0.314 e. The van der Waals surface area contributed by atoms with Crippen LogP contribution in [0.1, 0.15) is 51.5 Å². The molecule has 3 heteroatoms. The average molecular weight is 250 g/mol. The lowest BCUT2D eigenvalue weighted by Crippen LogP contribution is -2.35. The van der Waals surface area contributed by atoms with Crippen molar-refractivity contribution in [3.63, 3.8) is 0 Å². The normalized spacial score (nSPS) is 14.1. The van der Waals surface area contributed by atoms with Gasteiger partial charge in [-0.3, -0.25) is 4.79 Å². The average Bonchev–Trinajstić information content (AvgIpc) is 2.35. The number of hydrogen-bond donors (Lipinski definition) is 2. The van der Waals surface area contributed by atoms with E-state index in [0.29, 0.717) is 12.8 Å². The van der Waals surface area contributed by atoms with E-state index in [-0.39, 0.29) is 5.75 Å². The Labute approximate surface area is 108 Å². The summed E-state index contributed by atoms with van der Waals surface area (Å²) >= 11 is 0. The minimum atomic E-state index is -0.807. The van der Waals surface area contributed by atoms with E-state index in [9.17, 15) is 15.0 Å². The van der Waals surface area contributed by atoms with Crippen LogP contribution in [0.2, 0.25) is 0 Å². The number of benzene rings is 1. The fraction of sp³-hybridized carbons (Fsp3) is 0.533. The molecular formula is C15H22O3. The SMILES string of the molecule is CCCCC(CCC)(C(=O)O)c1ccc(O)cc1. The van der Waals surface area contributed by atoms with Crippen LogP contribution in [-0.2, 0) is 10.2 Å². The summed E-state index contributed by atoms with van der Waals surface area (Å²) < 4.78 is 0. The molecule has 0 heterocycles. The molecule has 0 radical (unpaired) electrons. The first-order valence-corrected chi connectivity index (χ1v) is 6.59. The van der Waals surface area contributed by atoms with Crippen LogP contribution in [0.5, 0.6) is 5.75 Å². The maximum absolute atomic E-state index is 11.7. The van der Waals surface area contributed by atoms with Crippen LogP contribution in [0.4, 0.5) is 0 Å². The summed E-state index contributed by atoms with van der Waals surface area (Å²) in [6, 6.07) is 6.59. The van der Waals surface area contributed by atoms with E-state index >= 15 is 0 Å². The van der Waals surface area contributed by atoms with Crippen LogP contribution in [0.3, 0.4) is 0 Å². The quantitative estimate of drug-likeness (QED) is 0.775. The van der Waals surface area contributed by atoms with Crippen LogP contribution < -0.4 is 0 Å². The van der Waals surface area contributed by atoms with Gasteiger partial charge in [-0.05, 0) is 30.5 Å². The van der Waals surface area contributed by atoms with Gasteiger partial charge in [0.15, 0.2) is 0 Å². The van der Waals surface area contributed by atoms with Crippen LogP contribution in [0.15, 0.2) is 24.3 Å². The number of phenols is 1. The Kier molecular flexibility index (Phi) is 5.20. The molecule has 18 heavy (non-hydrogen) atoms. The molecule has 0 spiro atoms. The fourth-order valence-electron chi connectivity index (χ4n) is 2.44. The molecule has 2 N–H and O–H groups in total. The number of hydrogen-bond acceptors (Lipinski definition) is 2. The summed E-state index contributed by atoms with van der Waals surface area (Å²) in [7, 11) is 0. The van der Waals surface area contributed by atoms with Crippen molar-refractivity contribution < 1.29 is 15.0 Å². The topological polar surface area (TPSA) is 57.5 Å². The first kappa shape index (κ1) is 14.6. The van der Waals surface area contributed by atoms with Gasteiger partial charge in [-0.25, -0.2) is 0 Å². The Morgan fingerprint density at radius 1 is 1.11 bits per heavy atom. The highest BCUT2D eigenvalue weighted by Crippen LogP contribution is 2.36. The Balaban J connectivity index is 3.15. The molecule has 0 bridgehead atoms. The standard InChI is InChI=1S/C15H22O3/c1-3-5-11-15(10-4-2,14(17)18)12-6-8-13(16)9-7-12/h6-9,16H,3-5,10-11H2,1-2H3,(H,17,18). The van der Waals surface area contributed by atoms with E-state index in [1.165, 1.54) is 0 Å². The molecule has 0 fully saturated rings. The number of aliphatic carboxylic acids is 1. The third-order valence-electron chi connectivity index (χ3n) is 3.46. The summed E-state index contributed by atoms with van der Waals surface area (Å²) in [5.41, 5.74) is -0.0125. The largest absolute Gasteiger partial charge is 0.508 e. The number of carbonyl (C=O) groups is 1. The van der Waals surface area contributed by atoms with Gasteiger partial charge in [0.25, 0.3) is 0 Å². The van der Waals surface area contributed by atoms with Gasteiger partial charge in [-0.1, -0.05) is 45.2 Å². The first-order valence-electron chi connectivity index (χ1n) is 6.59. The summed E-state index contributed by atoms with van der Waals surface area (Å²) in [6.07, 6.45) is 3.99. The molecular weight excluding hydrogens is 228 g/mol. The van der Waals surface area contributed by atoms with Gasteiger partial charge in [0.1, 0.15) is 5.75 Å². The lowest BCUT2D eigenvalue weighted by molar-refractivity contribution is -0.144. The molecule has 3 nitrogen and oxygen atoms in total. The third kappa shape index (κ3) is 3.03. The molecule has 1 unspecified atom stereocenters. The highest BCUT2D eigenvalue weighted by molar-refractivity contribution is 5.81. The number of rotatable bonds is 7. The fourth-order valence-corrected chi connectivity index (χ4v) is 2.44. The van der Waals surface area contributed by atoms with E-state index < -0.39 is 11.4 Å². The first-order chi connectivity index (χ1) is 8.56. The highest BCUT2D eigenvalue weighted by atomic mass is 16.4. The van der Waals surface area contributed by atoms with Crippen LogP contribution in [0, 0.1) is 0 Å². The molecule has 0 aliphatic heterocycles. The highest BCUT2D eigenvalue weighted by Gasteiger charge is 2.38. The van der Waals surface area contributed by atoms with Crippen LogP contribution in [-0.4, -0.2) is 16.2 Å². The predicted molar refractivity (Wildman–Crippen MR) is 71.9 cm³/mol. The van der Waals surface area contributed by atoms with Gasteiger partial charge in [0.05, 0.1) is 5.41 Å². The Morgan fingerprint density at radius 3 is 2.17 bits per heavy atom. The van der Waals surface area contributed by atoms with E-state index in [2.05, 4.69) is 6.92 Å². The molecule has 0 saturated carbocycles.